The van der Waals surface area contributed by atoms with Gasteiger partial charge in [-0.15, -0.1) is 0 Å². The Morgan fingerprint density at radius 2 is 1.16 bits per heavy atom. The first-order valence-electron chi connectivity index (χ1n) is 17.7. The summed E-state index contributed by atoms with van der Waals surface area (Å²) >= 11 is 0. The third kappa shape index (κ3) is 4.24. The van der Waals surface area contributed by atoms with Crippen molar-refractivity contribution in [2.75, 3.05) is 0 Å². The van der Waals surface area contributed by atoms with E-state index in [1.807, 2.05) is 0 Å². The molecule has 10 unspecified atom stereocenters. The van der Waals surface area contributed by atoms with Gasteiger partial charge in [0.1, 0.15) is 0 Å². The predicted molar refractivity (Wildman–Crippen MR) is 158 cm³/mol. The second-order valence-corrected chi connectivity index (χ2v) is 15.4. The molecule has 0 spiro atoms. The maximum Gasteiger partial charge on any atom is 0.0284 e. The summed E-state index contributed by atoms with van der Waals surface area (Å²) in [6.07, 6.45) is 40.3. The van der Waals surface area contributed by atoms with Crippen molar-refractivity contribution in [2.24, 2.45) is 35.5 Å². The van der Waals surface area contributed by atoms with Crippen LogP contribution < -0.4 is 0 Å². The van der Waals surface area contributed by atoms with Crippen LogP contribution in [0.1, 0.15) is 128 Å². The number of nitrogens with zero attached hydrogens (tertiary/aromatic N) is 2. The summed E-state index contributed by atoms with van der Waals surface area (Å²) in [4.78, 5) is 6.33. The van der Waals surface area contributed by atoms with E-state index in [0.29, 0.717) is 0 Å². The third-order valence-corrected chi connectivity index (χ3v) is 13.9. The lowest BCUT2D eigenvalue weighted by Gasteiger charge is -2.46. The summed E-state index contributed by atoms with van der Waals surface area (Å²) in [6, 6.07) is 5.35. The van der Waals surface area contributed by atoms with Crippen molar-refractivity contribution in [2.45, 2.75) is 165 Å². The molecule has 38 heavy (non-hydrogen) atoms. The van der Waals surface area contributed by atoms with E-state index in [0.717, 1.165) is 71.8 Å². The Kier molecular flexibility index (Phi) is 7.05. The Bertz CT molecular complexity index is 886. The number of hydrogen-bond acceptors (Lipinski definition) is 2. The third-order valence-electron chi connectivity index (χ3n) is 13.9. The molecule has 0 radical (unpaired) electrons. The average Bonchev–Trinajstić information content (AvgIpc) is 3.50. The van der Waals surface area contributed by atoms with Gasteiger partial charge in [-0.25, -0.2) is 0 Å². The summed E-state index contributed by atoms with van der Waals surface area (Å²) in [5.74, 6) is 5.99. The van der Waals surface area contributed by atoms with Gasteiger partial charge in [0.05, 0.1) is 0 Å². The highest BCUT2D eigenvalue weighted by Gasteiger charge is 2.56. The molecule has 8 rings (SSSR count). The molecule has 0 N–H and O–H groups in total. The van der Waals surface area contributed by atoms with Crippen molar-refractivity contribution in [1.29, 1.82) is 0 Å². The van der Waals surface area contributed by atoms with Gasteiger partial charge < -0.3 is 0 Å². The van der Waals surface area contributed by atoms with Crippen molar-refractivity contribution in [3.8, 4) is 0 Å². The molecule has 11 atom stereocenters. The predicted octanol–water partition coefficient (Wildman–Crippen LogP) is 8.52. The largest absolute Gasteiger partial charge is 0.294 e. The summed E-state index contributed by atoms with van der Waals surface area (Å²) in [5, 5.41) is 0. The van der Waals surface area contributed by atoms with Crippen molar-refractivity contribution < 1.29 is 0 Å². The first-order valence-corrected chi connectivity index (χ1v) is 17.7. The molecule has 4 saturated carbocycles. The molecule has 2 heteroatoms. The molecule has 8 aliphatic rings. The molecule has 2 aliphatic heterocycles. The van der Waals surface area contributed by atoms with E-state index in [1.54, 1.807) is 32.1 Å². The van der Waals surface area contributed by atoms with E-state index >= 15 is 0 Å². The van der Waals surface area contributed by atoms with Crippen molar-refractivity contribution in [1.82, 2.24) is 9.80 Å². The maximum atomic E-state index is 3.18. The molecule has 6 fully saturated rings. The highest BCUT2D eigenvalue weighted by atomic mass is 15.3. The molecular formula is C36H56N2. The number of rotatable bonds is 3. The van der Waals surface area contributed by atoms with Gasteiger partial charge in [-0.05, 0) is 132 Å². The van der Waals surface area contributed by atoms with Gasteiger partial charge in [-0.3, -0.25) is 9.80 Å². The number of hydrogen-bond donors (Lipinski definition) is 0. The van der Waals surface area contributed by atoms with Crippen LogP contribution in [0, 0.1) is 35.5 Å². The van der Waals surface area contributed by atoms with Gasteiger partial charge in [0.15, 0.2) is 0 Å². The summed E-state index contributed by atoms with van der Waals surface area (Å²) in [6.45, 7) is 0. The van der Waals surface area contributed by atoms with E-state index in [1.165, 1.54) is 96.3 Å². The van der Waals surface area contributed by atoms with E-state index in [2.05, 4.69) is 34.1 Å². The standard InChI is InChI=1S/C36H56N2/c1-3-11-27(12-4-1)37-33-17-9-7-15-29(33)31-23-25(19-21-35(31)37)26-20-22-36-32(24-26)30-16-8-10-18-34(30)38(36)28-13-5-2-6-14-28/h3,8,11,16,25-36H,1-2,4-7,9-10,12-15,17-24H2/t25?,26?,27?,29-,30?,31?,32?,33?,34?,35?,36?/m0/s1. The fourth-order valence-electron chi connectivity index (χ4n) is 12.5. The van der Waals surface area contributed by atoms with E-state index in [-0.39, 0.29) is 0 Å². The number of likely N-dealkylation sites (tertiary alicyclic amines) is 2. The van der Waals surface area contributed by atoms with Crippen molar-refractivity contribution in [3.63, 3.8) is 0 Å². The Labute approximate surface area is 234 Å². The number of fused-ring (bicyclic) bond motifs is 6. The van der Waals surface area contributed by atoms with Gasteiger partial charge >= 0.3 is 0 Å². The van der Waals surface area contributed by atoms with Crippen molar-refractivity contribution in [3.05, 3.63) is 24.3 Å². The van der Waals surface area contributed by atoms with Gasteiger partial charge in [0.2, 0.25) is 0 Å². The molecular weight excluding hydrogens is 460 g/mol. The van der Waals surface area contributed by atoms with Gasteiger partial charge in [0, 0.05) is 36.3 Å². The molecule has 0 aromatic heterocycles. The highest BCUT2D eigenvalue weighted by Crippen LogP contribution is 2.57. The molecule has 2 nitrogen and oxygen atoms in total. The van der Waals surface area contributed by atoms with E-state index < -0.39 is 0 Å². The molecule has 210 valence electrons. The zero-order valence-electron chi connectivity index (χ0n) is 24.3. The van der Waals surface area contributed by atoms with Crippen LogP contribution >= 0.6 is 0 Å². The van der Waals surface area contributed by atoms with Crippen LogP contribution in [-0.4, -0.2) is 46.1 Å². The minimum absolute atomic E-state index is 0.774. The second-order valence-electron chi connectivity index (χ2n) is 15.4. The molecule has 2 saturated heterocycles. The molecule has 2 heterocycles. The van der Waals surface area contributed by atoms with Crippen LogP contribution in [-0.2, 0) is 0 Å². The normalized spacial score (nSPS) is 49.8. The summed E-state index contributed by atoms with van der Waals surface area (Å²) in [5.41, 5.74) is 0. The smallest absolute Gasteiger partial charge is 0.0284 e. The van der Waals surface area contributed by atoms with Crippen LogP contribution in [0.5, 0.6) is 0 Å². The minimum Gasteiger partial charge on any atom is -0.294 e. The number of allylic oxidation sites excluding steroid dienone is 2. The average molecular weight is 517 g/mol. The van der Waals surface area contributed by atoms with E-state index in [4.69, 9.17) is 0 Å². The molecule has 0 amide bonds. The lowest BCUT2D eigenvalue weighted by atomic mass is 9.62. The first kappa shape index (κ1) is 25.1. The van der Waals surface area contributed by atoms with Crippen LogP contribution in [0.25, 0.3) is 0 Å². The Balaban J connectivity index is 0.994. The fraction of sp³-hybridized carbons (Fsp3) is 0.889. The minimum atomic E-state index is 0.774. The van der Waals surface area contributed by atoms with E-state index in [9.17, 15) is 0 Å². The van der Waals surface area contributed by atoms with Crippen LogP contribution in [0.3, 0.4) is 0 Å². The lowest BCUT2D eigenvalue weighted by Crippen LogP contribution is -2.48. The highest BCUT2D eigenvalue weighted by molar-refractivity contribution is 5.15. The quantitative estimate of drug-likeness (QED) is 0.347. The van der Waals surface area contributed by atoms with Crippen LogP contribution in [0.2, 0.25) is 0 Å². The molecule has 0 bridgehead atoms. The topological polar surface area (TPSA) is 6.48 Å². The zero-order valence-corrected chi connectivity index (χ0v) is 24.3. The van der Waals surface area contributed by atoms with Gasteiger partial charge in [-0.2, -0.15) is 0 Å². The van der Waals surface area contributed by atoms with Crippen LogP contribution in [0.4, 0.5) is 0 Å². The summed E-state index contributed by atoms with van der Waals surface area (Å²) < 4.78 is 0. The summed E-state index contributed by atoms with van der Waals surface area (Å²) in [7, 11) is 0. The molecule has 0 aromatic carbocycles. The molecule has 0 aromatic rings. The Morgan fingerprint density at radius 1 is 0.447 bits per heavy atom. The Hall–Kier alpha value is -0.600. The zero-order chi connectivity index (χ0) is 25.1. The SMILES string of the molecule is C1=CC(N2C3CCC(C4CCC5C(C4)C4C=CCCC4N5C4CCCCC4)CC3[C@@H]3CCCCC32)CCC1. The first-order chi connectivity index (χ1) is 18.9. The van der Waals surface area contributed by atoms with Gasteiger partial charge in [0.25, 0.3) is 0 Å². The maximum absolute atomic E-state index is 3.18. The lowest BCUT2D eigenvalue weighted by molar-refractivity contribution is 0.0378. The van der Waals surface area contributed by atoms with Crippen molar-refractivity contribution >= 4 is 0 Å². The Morgan fingerprint density at radius 3 is 1.97 bits per heavy atom. The molecule has 6 aliphatic carbocycles. The monoisotopic (exact) mass is 516 g/mol. The second kappa shape index (κ2) is 10.7. The fourth-order valence-corrected chi connectivity index (χ4v) is 12.5. The van der Waals surface area contributed by atoms with Gasteiger partial charge in [-0.1, -0.05) is 56.4 Å². The van der Waals surface area contributed by atoms with Crippen LogP contribution in [0.15, 0.2) is 24.3 Å².